The van der Waals surface area contributed by atoms with E-state index in [0.29, 0.717) is 5.56 Å². The molecule has 0 radical (unpaired) electrons. The van der Waals surface area contributed by atoms with E-state index in [0.717, 1.165) is 42.3 Å². The molecule has 156 valence electrons. The Balaban J connectivity index is 1.31. The summed E-state index contributed by atoms with van der Waals surface area (Å²) < 4.78 is 2.06. The fraction of sp³-hybridized carbons (Fsp3) is 0.200. The maximum atomic E-state index is 13.0. The Bertz CT molecular complexity index is 1220. The predicted molar refractivity (Wildman–Crippen MR) is 127 cm³/mol. The molecule has 1 aliphatic heterocycles. The van der Waals surface area contributed by atoms with E-state index in [4.69, 9.17) is 0 Å². The smallest absolute Gasteiger partial charge is 0.257 e. The summed E-state index contributed by atoms with van der Waals surface area (Å²) in [6.07, 6.45) is 4.65. The number of rotatable bonds is 4. The molecule has 1 N–H and O–H groups in total. The molecule has 5 rings (SSSR count). The number of nitrogens with one attached hydrogen (secondary N) is 1. The number of pyridine rings is 1. The fourth-order valence-electron chi connectivity index (χ4n) is 4.30. The Morgan fingerprint density at radius 1 is 1.10 bits per heavy atom. The first-order valence-electron chi connectivity index (χ1n) is 10.4. The van der Waals surface area contributed by atoms with Crippen LogP contribution >= 0.6 is 11.3 Å². The summed E-state index contributed by atoms with van der Waals surface area (Å²) in [7, 11) is 0. The molecule has 6 heteroatoms. The Morgan fingerprint density at radius 3 is 2.71 bits per heavy atom. The first-order valence-corrected chi connectivity index (χ1v) is 11.3. The lowest BCUT2D eigenvalue weighted by Gasteiger charge is -2.29. The third-order valence-corrected chi connectivity index (χ3v) is 6.90. The van der Waals surface area contributed by atoms with Gasteiger partial charge in [-0.1, -0.05) is 0 Å². The van der Waals surface area contributed by atoms with Crippen molar-refractivity contribution in [2.45, 2.75) is 26.8 Å². The van der Waals surface area contributed by atoms with Crippen molar-refractivity contribution in [1.82, 2.24) is 9.55 Å². The molecule has 0 spiro atoms. The highest BCUT2D eigenvalue weighted by Crippen LogP contribution is 2.29. The topological polar surface area (TPSA) is 50.2 Å². The summed E-state index contributed by atoms with van der Waals surface area (Å²) in [6, 6.07) is 16.2. The van der Waals surface area contributed by atoms with E-state index < -0.39 is 0 Å². The summed E-state index contributed by atoms with van der Waals surface area (Å²) in [4.78, 5) is 21.1. The van der Waals surface area contributed by atoms with Gasteiger partial charge in [-0.25, -0.2) is 0 Å². The van der Waals surface area contributed by atoms with Crippen molar-refractivity contribution < 1.29 is 4.79 Å². The number of aryl methyl sites for hydroxylation is 1. The third-order valence-electron chi connectivity index (χ3n) is 5.88. The van der Waals surface area contributed by atoms with Gasteiger partial charge in [-0.3, -0.25) is 9.78 Å². The number of carbonyl (C=O) groups is 1. The molecule has 0 fully saturated rings. The molecule has 0 bridgehead atoms. The molecule has 0 saturated carbocycles. The average molecular weight is 429 g/mol. The minimum Gasteiger partial charge on any atom is -0.367 e. The second-order valence-corrected chi connectivity index (χ2v) is 8.87. The first-order chi connectivity index (χ1) is 15.1. The van der Waals surface area contributed by atoms with Crippen molar-refractivity contribution >= 4 is 28.6 Å². The molecule has 1 amide bonds. The SMILES string of the molecule is Cc1cc(C(=O)Nc2ccc(N3CCc4sccc4C3)cc2)c(C)n1-c1cccnc1. The second-order valence-electron chi connectivity index (χ2n) is 7.87. The summed E-state index contributed by atoms with van der Waals surface area (Å²) in [5.41, 5.74) is 6.95. The van der Waals surface area contributed by atoms with Gasteiger partial charge in [-0.05, 0) is 79.7 Å². The fourth-order valence-corrected chi connectivity index (χ4v) is 5.19. The van der Waals surface area contributed by atoms with Crippen molar-refractivity contribution in [3.8, 4) is 5.69 Å². The van der Waals surface area contributed by atoms with Gasteiger partial charge in [-0.15, -0.1) is 11.3 Å². The Morgan fingerprint density at radius 2 is 1.94 bits per heavy atom. The average Bonchev–Trinajstić information content (AvgIpc) is 3.38. The van der Waals surface area contributed by atoms with E-state index in [9.17, 15) is 4.79 Å². The van der Waals surface area contributed by atoms with Crippen LogP contribution in [-0.2, 0) is 13.0 Å². The number of amides is 1. The molecule has 0 unspecified atom stereocenters. The van der Waals surface area contributed by atoms with Crippen LogP contribution in [0.5, 0.6) is 0 Å². The van der Waals surface area contributed by atoms with Gasteiger partial charge < -0.3 is 14.8 Å². The van der Waals surface area contributed by atoms with Crippen molar-refractivity contribution in [3.63, 3.8) is 0 Å². The maximum absolute atomic E-state index is 13.0. The quantitative estimate of drug-likeness (QED) is 0.476. The molecule has 1 aliphatic rings. The third kappa shape index (κ3) is 3.75. The van der Waals surface area contributed by atoms with Crippen molar-refractivity contribution in [2.24, 2.45) is 0 Å². The van der Waals surface area contributed by atoms with Crippen LogP contribution in [0.1, 0.15) is 32.2 Å². The molecule has 1 aromatic carbocycles. The molecule has 31 heavy (non-hydrogen) atoms. The molecule has 0 saturated heterocycles. The summed E-state index contributed by atoms with van der Waals surface area (Å²) in [6.45, 7) is 5.95. The minimum atomic E-state index is -0.100. The Kier molecular flexibility index (Phi) is 5.08. The lowest BCUT2D eigenvalue weighted by molar-refractivity contribution is 0.102. The van der Waals surface area contributed by atoms with Crippen LogP contribution in [0.3, 0.4) is 0 Å². The second kappa shape index (κ2) is 8.04. The highest BCUT2D eigenvalue weighted by atomic mass is 32.1. The van der Waals surface area contributed by atoms with Crippen LogP contribution in [0.4, 0.5) is 11.4 Å². The summed E-state index contributed by atoms with van der Waals surface area (Å²) in [5, 5.41) is 5.23. The highest BCUT2D eigenvalue weighted by Gasteiger charge is 2.19. The lowest BCUT2D eigenvalue weighted by atomic mass is 10.1. The van der Waals surface area contributed by atoms with E-state index in [1.54, 1.807) is 12.4 Å². The van der Waals surface area contributed by atoms with Gasteiger partial charge in [0.1, 0.15) is 0 Å². The van der Waals surface area contributed by atoms with Gasteiger partial charge >= 0.3 is 0 Å². The normalized spacial score (nSPS) is 13.2. The number of carbonyl (C=O) groups excluding carboxylic acids is 1. The standard InChI is InChI=1S/C25H24N4OS/c1-17-14-23(18(2)29(17)22-4-3-11-26-15-22)25(30)27-20-5-7-21(8-6-20)28-12-9-24-19(16-28)10-13-31-24/h3-8,10-11,13-15H,9,12,16H2,1-2H3,(H,27,30). The van der Waals surface area contributed by atoms with Gasteiger partial charge in [0.15, 0.2) is 0 Å². The first kappa shape index (κ1) is 19.6. The van der Waals surface area contributed by atoms with Gasteiger partial charge in [0.2, 0.25) is 0 Å². The number of fused-ring (bicyclic) bond motifs is 1. The van der Waals surface area contributed by atoms with Crippen LogP contribution in [-0.4, -0.2) is 22.0 Å². The molecule has 4 heterocycles. The van der Waals surface area contributed by atoms with E-state index in [2.05, 4.69) is 43.3 Å². The zero-order valence-corrected chi connectivity index (χ0v) is 18.4. The van der Waals surface area contributed by atoms with E-state index in [-0.39, 0.29) is 5.91 Å². The predicted octanol–water partition coefficient (Wildman–Crippen LogP) is 5.37. The number of anilines is 2. The molecular weight excluding hydrogens is 404 g/mol. The molecule has 5 nitrogen and oxygen atoms in total. The molecule has 0 aliphatic carbocycles. The van der Waals surface area contributed by atoms with Crippen LogP contribution in [0.15, 0.2) is 66.3 Å². The zero-order valence-electron chi connectivity index (χ0n) is 17.6. The number of benzene rings is 1. The number of hydrogen-bond donors (Lipinski definition) is 1. The van der Waals surface area contributed by atoms with Gasteiger partial charge in [0.25, 0.3) is 5.91 Å². The van der Waals surface area contributed by atoms with Gasteiger partial charge in [-0.2, -0.15) is 0 Å². The van der Waals surface area contributed by atoms with Crippen molar-refractivity contribution in [1.29, 1.82) is 0 Å². The van der Waals surface area contributed by atoms with E-state index >= 15 is 0 Å². The maximum Gasteiger partial charge on any atom is 0.257 e. The molecule has 3 aromatic heterocycles. The number of nitrogens with zero attached hydrogens (tertiary/aromatic N) is 3. The molecule has 4 aromatic rings. The zero-order chi connectivity index (χ0) is 21.4. The van der Waals surface area contributed by atoms with Crippen molar-refractivity contribution in [2.75, 3.05) is 16.8 Å². The summed E-state index contributed by atoms with van der Waals surface area (Å²) >= 11 is 1.85. The number of thiophene rings is 1. The summed E-state index contributed by atoms with van der Waals surface area (Å²) in [5.74, 6) is -0.100. The van der Waals surface area contributed by atoms with Gasteiger partial charge in [0.05, 0.1) is 17.4 Å². The molecular formula is C25H24N4OS. The Hall–Kier alpha value is -3.38. The van der Waals surface area contributed by atoms with E-state index in [1.165, 1.54) is 16.1 Å². The number of hydrogen-bond acceptors (Lipinski definition) is 4. The highest BCUT2D eigenvalue weighted by molar-refractivity contribution is 7.10. The lowest BCUT2D eigenvalue weighted by Crippen LogP contribution is -2.29. The van der Waals surface area contributed by atoms with Crippen LogP contribution < -0.4 is 10.2 Å². The van der Waals surface area contributed by atoms with Crippen LogP contribution in [0.25, 0.3) is 5.69 Å². The Labute approximate surface area is 186 Å². The monoisotopic (exact) mass is 428 g/mol. The van der Waals surface area contributed by atoms with Crippen LogP contribution in [0.2, 0.25) is 0 Å². The largest absolute Gasteiger partial charge is 0.367 e. The van der Waals surface area contributed by atoms with E-state index in [1.807, 2.05) is 55.5 Å². The number of aromatic nitrogens is 2. The van der Waals surface area contributed by atoms with Crippen molar-refractivity contribution in [3.05, 3.63) is 93.7 Å². The molecule has 0 atom stereocenters. The van der Waals surface area contributed by atoms with Gasteiger partial charge in [0, 0.05) is 46.9 Å². The van der Waals surface area contributed by atoms with Crippen LogP contribution in [0, 0.1) is 13.8 Å². The minimum absolute atomic E-state index is 0.100.